The topological polar surface area (TPSA) is 32.3 Å². The summed E-state index contributed by atoms with van der Waals surface area (Å²) in [7, 11) is 0. The van der Waals surface area contributed by atoms with E-state index >= 15 is 0 Å². The van der Waals surface area contributed by atoms with Crippen molar-refractivity contribution in [3.63, 3.8) is 0 Å². The molecular weight excluding hydrogens is 272 g/mol. The number of hydrogen-bond acceptors (Lipinski definition) is 2. The highest BCUT2D eigenvalue weighted by atomic mass is 35.5. The predicted molar refractivity (Wildman–Crippen MR) is 85.4 cm³/mol. The van der Waals surface area contributed by atoms with Gasteiger partial charge in [-0.2, -0.15) is 0 Å². The van der Waals surface area contributed by atoms with E-state index in [0.717, 1.165) is 45.4 Å². The lowest BCUT2D eigenvalue weighted by Gasteiger charge is -2.19. The number of carbonyl (C=O) groups is 1. The lowest BCUT2D eigenvalue weighted by atomic mass is 10.1. The van der Waals surface area contributed by atoms with E-state index in [-0.39, 0.29) is 12.4 Å². The number of rotatable bonds is 4. The van der Waals surface area contributed by atoms with Crippen molar-refractivity contribution in [1.82, 2.24) is 10.2 Å². The minimum atomic E-state index is 0. The minimum absolute atomic E-state index is 0. The van der Waals surface area contributed by atoms with Gasteiger partial charge >= 0.3 is 0 Å². The molecule has 0 spiro atoms. The van der Waals surface area contributed by atoms with Gasteiger partial charge in [0, 0.05) is 26.1 Å². The average molecular weight is 297 g/mol. The number of aryl methyl sites for hydroxylation is 2. The molecule has 1 aliphatic rings. The molecule has 2 rings (SSSR count). The van der Waals surface area contributed by atoms with Crippen LogP contribution < -0.4 is 5.32 Å². The Hall–Kier alpha value is -1.06. The minimum Gasteiger partial charge on any atom is -0.341 e. The summed E-state index contributed by atoms with van der Waals surface area (Å²) in [5.74, 6) is 0.316. The van der Waals surface area contributed by atoms with E-state index in [9.17, 15) is 4.79 Å². The molecular formula is C16H25ClN2O. The van der Waals surface area contributed by atoms with Gasteiger partial charge in [-0.3, -0.25) is 4.79 Å². The summed E-state index contributed by atoms with van der Waals surface area (Å²) in [5, 5.41) is 3.33. The van der Waals surface area contributed by atoms with Crippen molar-refractivity contribution in [2.75, 3.05) is 26.2 Å². The smallest absolute Gasteiger partial charge is 0.222 e. The van der Waals surface area contributed by atoms with Gasteiger partial charge in [0.2, 0.25) is 5.91 Å². The number of nitrogens with zero attached hydrogens (tertiary/aromatic N) is 1. The molecule has 0 atom stereocenters. The summed E-state index contributed by atoms with van der Waals surface area (Å²) in [5.41, 5.74) is 2.62. The Morgan fingerprint density at radius 2 is 1.95 bits per heavy atom. The third kappa shape index (κ3) is 5.51. The van der Waals surface area contributed by atoms with Crippen LogP contribution in [0.4, 0.5) is 0 Å². The highest BCUT2D eigenvalue weighted by Crippen LogP contribution is 2.09. The molecule has 0 unspecified atom stereocenters. The second-order valence-electron chi connectivity index (χ2n) is 5.32. The quantitative estimate of drug-likeness (QED) is 0.926. The maximum absolute atomic E-state index is 12.1. The molecule has 4 heteroatoms. The number of nitrogens with one attached hydrogen (secondary N) is 1. The van der Waals surface area contributed by atoms with E-state index in [1.54, 1.807) is 0 Å². The fourth-order valence-corrected chi connectivity index (χ4v) is 2.45. The molecule has 1 amide bonds. The van der Waals surface area contributed by atoms with Gasteiger partial charge in [-0.1, -0.05) is 29.8 Å². The number of benzene rings is 1. The lowest BCUT2D eigenvalue weighted by Crippen LogP contribution is -2.34. The monoisotopic (exact) mass is 296 g/mol. The third-order valence-electron chi connectivity index (χ3n) is 3.67. The van der Waals surface area contributed by atoms with Crippen LogP contribution in [0.25, 0.3) is 0 Å². The Balaban J connectivity index is 0.00000200. The van der Waals surface area contributed by atoms with Crippen molar-refractivity contribution in [3.8, 4) is 0 Å². The molecule has 1 heterocycles. The first-order chi connectivity index (χ1) is 9.25. The Kier molecular flexibility index (Phi) is 7.63. The van der Waals surface area contributed by atoms with E-state index in [1.807, 2.05) is 4.90 Å². The van der Waals surface area contributed by atoms with E-state index < -0.39 is 0 Å². The van der Waals surface area contributed by atoms with E-state index in [4.69, 9.17) is 0 Å². The van der Waals surface area contributed by atoms with Gasteiger partial charge in [0.1, 0.15) is 0 Å². The van der Waals surface area contributed by atoms with Crippen molar-refractivity contribution in [3.05, 3.63) is 35.4 Å². The van der Waals surface area contributed by atoms with Crippen molar-refractivity contribution in [1.29, 1.82) is 0 Å². The SMILES string of the molecule is Cc1ccc(CCCC(=O)N2CCCNCC2)cc1.Cl. The predicted octanol–water partition coefficient (Wildman–Crippen LogP) is 2.56. The first-order valence-electron chi connectivity index (χ1n) is 7.30. The second-order valence-corrected chi connectivity index (χ2v) is 5.32. The van der Waals surface area contributed by atoms with E-state index in [0.29, 0.717) is 12.3 Å². The van der Waals surface area contributed by atoms with E-state index in [2.05, 4.69) is 36.5 Å². The molecule has 0 radical (unpaired) electrons. The maximum Gasteiger partial charge on any atom is 0.222 e. The maximum atomic E-state index is 12.1. The normalized spacial score (nSPS) is 15.3. The Bertz CT molecular complexity index is 397. The molecule has 0 bridgehead atoms. The second kappa shape index (κ2) is 8.98. The van der Waals surface area contributed by atoms with Crippen LogP contribution in [0.5, 0.6) is 0 Å². The molecule has 1 saturated heterocycles. The number of halogens is 1. The molecule has 20 heavy (non-hydrogen) atoms. The summed E-state index contributed by atoms with van der Waals surface area (Å²) in [4.78, 5) is 14.1. The third-order valence-corrected chi connectivity index (χ3v) is 3.67. The van der Waals surface area contributed by atoms with Crippen LogP contribution in [0.2, 0.25) is 0 Å². The van der Waals surface area contributed by atoms with Gasteiger partial charge in [-0.25, -0.2) is 0 Å². The van der Waals surface area contributed by atoms with Gasteiger partial charge in [-0.15, -0.1) is 12.4 Å². The summed E-state index contributed by atoms with van der Waals surface area (Å²) < 4.78 is 0. The van der Waals surface area contributed by atoms with Crippen molar-refractivity contribution >= 4 is 18.3 Å². The standard InChI is InChI=1S/C16H24N2O.ClH/c1-14-6-8-15(9-7-14)4-2-5-16(19)18-12-3-10-17-11-13-18;/h6-9,17H,2-5,10-13H2,1H3;1H. The van der Waals surface area contributed by atoms with Crippen LogP contribution in [-0.4, -0.2) is 37.0 Å². The van der Waals surface area contributed by atoms with Crippen LogP contribution >= 0.6 is 12.4 Å². The number of amides is 1. The van der Waals surface area contributed by atoms with Gasteiger partial charge < -0.3 is 10.2 Å². The summed E-state index contributed by atoms with van der Waals surface area (Å²) in [6.45, 7) is 5.84. The van der Waals surface area contributed by atoms with Gasteiger partial charge in [0.15, 0.2) is 0 Å². The Morgan fingerprint density at radius 3 is 2.70 bits per heavy atom. The molecule has 1 N–H and O–H groups in total. The molecule has 1 fully saturated rings. The molecule has 0 aromatic heterocycles. The summed E-state index contributed by atoms with van der Waals surface area (Å²) in [6, 6.07) is 8.60. The zero-order valence-corrected chi connectivity index (χ0v) is 13.0. The van der Waals surface area contributed by atoms with E-state index in [1.165, 1.54) is 11.1 Å². The molecule has 1 aliphatic heterocycles. The van der Waals surface area contributed by atoms with Crippen LogP contribution in [0, 0.1) is 6.92 Å². The van der Waals surface area contributed by atoms with Crippen molar-refractivity contribution in [2.24, 2.45) is 0 Å². The number of carbonyl (C=O) groups excluding carboxylic acids is 1. The fraction of sp³-hybridized carbons (Fsp3) is 0.562. The molecule has 0 saturated carbocycles. The Labute approximate surface area is 128 Å². The first-order valence-corrected chi connectivity index (χ1v) is 7.30. The van der Waals surface area contributed by atoms with Gasteiger partial charge in [0.25, 0.3) is 0 Å². The highest BCUT2D eigenvalue weighted by molar-refractivity contribution is 5.85. The molecule has 1 aromatic rings. The zero-order valence-electron chi connectivity index (χ0n) is 12.2. The van der Waals surface area contributed by atoms with Gasteiger partial charge in [0.05, 0.1) is 0 Å². The van der Waals surface area contributed by atoms with Crippen molar-refractivity contribution < 1.29 is 4.79 Å². The molecule has 3 nitrogen and oxygen atoms in total. The largest absolute Gasteiger partial charge is 0.341 e. The van der Waals surface area contributed by atoms with Crippen LogP contribution in [0.15, 0.2) is 24.3 Å². The summed E-state index contributed by atoms with van der Waals surface area (Å²) >= 11 is 0. The van der Waals surface area contributed by atoms with Gasteiger partial charge in [-0.05, 0) is 38.3 Å². The molecule has 112 valence electrons. The van der Waals surface area contributed by atoms with Crippen LogP contribution in [-0.2, 0) is 11.2 Å². The molecule has 0 aliphatic carbocycles. The first kappa shape index (κ1) is 17.0. The lowest BCUT2D eigenvalue weighted by molar-refractivity contribution is -0.131. The Morgan fingerprint density at radius 1 is 1.20 bits per heavy atom. The van der Waals surface area contributed by atoms with Crippen LogP contribution in [0.1, 0.15) is 30.4 Å². The zero-order chi connectivity index (χ0) is 13.5. The summed E-state index contributed by atoms with van der Waals surface area (Å²) in [6.07, 6.45) is 3.70. The fourth-order valence-electron chi connectivity index (χ4n) is 2.45. The highest BCUT2D eigenvalue weighted by Gasteiger charge is 2.14. The van der Waals surface area contributed by atoms with Crippen LogP contribution in [0.3, 0.4) is 0 Å². The average Bonchev–Trinajstić information content (AvgIpc) is 2.70. The number of hydrogen-bond donors (Lipinski definition) is 1. The van der Waals surface area contributed by atoms with Crippen molar-refractivity contribution in [2.45, 2.75) is 32.6 Å². The molecule has 1 aromatic carbocycles.